The lowest BCUT2D eigenvalue weighted by molar-refractivity contribution is -0.143. The average Bonchev–Trinajstić information content (AvgIpc) is 2.31. The fourth-order valence-corrected chi connectivity index (χ4v) is 1.11. The van der Waals surface area contributed by atoms with Crippen LogP contribution in [0.3, 0.4) is 0 Å². The molecule has 2 atom stereocenters. The Labute approximate surface area is 107 Å². The number of amides is 2. The second-order valence-electron chi connectivity index (χ2n) is 3.17. The molecule has 6 N–H and O–H groups in total. The van der Waals surface area contributed by atoms with Crippen molar-refractivity contribution in [2.45, 2.75) is 12.1 Å². The van der Waals surface area contributed by atoms with Gasteiger partial charge in [0.05, 0.1) is 0 Å². The van der Waals surface area contributed by atoms with Gasteiger partial charge in [0.2, 0.25) is 11.8 Å². The Morgan fingerprint density at radius 1 is 1.17 bits per heavy atom. The zero-order chi connectivity index (χ0) is 14.3. The predicted molar refractivity (Wildman–Crippen MR) is 62.0 cm³/mol. The molecule has 0 aromatic rings. The number of nitrogens with one attached hydrogen (secondary N) is 2. The summed E-state index contributed by atoms with van der Waals surface area (Å²) in [6.07, 6.45) is 0. The molecule has 0 spiro atoms. The number of hydrogen-bond donors (Lipinski definition) is 6. The molecule has 0 fully saturated rings. The molecule has 0 bridgehead atoms. The standard InChI is InChI=1S/C8H13N3O6S/c9-5(8(16)17)7(15)11-3(2-18)6(14)10-1-4(12)13/h3,5,18H,1-2,9H2,(H,10,14)(H,11,15)(H,12,13)(H,16,17). The van der Waals surface area contributed by atoms with Crippen molar-refractivity contribution in [3.63, 3.8) is 0 Å². The highest BCUT2D eigenvalue weighted by Crippen LogP contribution is 1.91. The Bertz CT molecular complexity index is 361. The molecule has 0 rings (SSSR count). The Hall–Kier alpha value is -1.81. The second-order valence-corrected chi connectivity index (χ2v) is 3.54. The van der Waals surface area contributed by atoms with Crippen LogP contribution in [0.5, 0.6) is 0 Å². The van der Waals surface area contributed by atoms with Crippen molar-refractivity contribution in [3.05, 3.63) is 0 Å². The van der Waals surface area contributed by atoms with E-state index < -0.39 is 42.4 Å². The maximum absolute atomic E-state index is 11.4. The summed E-state index contributed by atoms with van der Waals surface area (Å²) in [4.78, 5) is 43.3. The lowest BCUT2D eigenvalue weighted by Gasteiger charge is -2.17. The van der Waals surface area contributed by atoms with Crippen LogP contribution in [0.4, 0.5) is 0 Å². The molecule has 0 saturated carbocycles. The van der Waals surface area contributed by atoms with Crippen LogP contribution in [0.2, 0.25) is 0 Å². The van der Waals surface area contributed by atoms with E-state index in [-0.39, 0.29) is 5.75 Å². The summed E-state index contributed by atoms with van der Waals surface area (Å²) in [6, 6.07) is -2.97. The first kappa shape index (κ1) is 16.2. The third-order valence-electron chi connectivity index (χ3n) is 1.78. The smallest absolute Gasteiger partial charge is 0.330 e. The van der Waals surface area contributed by atoms with E-state index in [1.807, 2.05) is 10.6 Å². The minimum Gasteiger partial charge on any atom is -0.480 e. The maximum atomic E-state index is 11.4. The SMILES string of the molecule is NC(C(=O)O)C(=O)NC(CS)C(=O)NCC(=O)O. The molecule has 0 heterocycles. The van der Waals surface area contributed by atoms with Gasteiger partial charge in [-0.2, -0.15) is 12.6 Å². The van der Waals surface area contributed by atoms with Gasteiger partial charge < -0.3 is 26.6 Å². The first-order valence-electron chi connectivity index (χ1n) is 4.68. The third-order valence-corrected chi connectivity index (χ3v) is 2.14. The largest absolute Gasteiger partial charge is 0.480 e. The summed E-state index contributed by atoms with van der Waals surface area (Å²) >= 11 is 3.78. The summed E-state index contributed by atoms with van der Waals surface area (Å²) in [7, 11) is 0. The number of thiol groups is 1. The Morgan fingerprint density at radius 2 is 1.72 bits per heavy atom. The minimum atomic E-state index is -1.81. The Morgan fingerprint density at radius 3 is 2.11 bits per heavy atom. The van der Waals surface area contributed by atoms with Crippen molar-refractivity contribution >= 4 is 36.4 Å². The van der Waals surface area contributed by atoms with Crippen molar-refractivity contribution in [1.29, 1.82) is 0 Å². The van der Waals surface area contributed by atoms with Crippen molar-refractivity contribution < 1.29 is 29.4 Å². The number of carbonyl (C=O) groups is 4. The topological polar surface area (TPSA) is 159 Å². The Balaban J connectivity index is 4.42. The predicted octanol–water partition coefficient (Wildman–Crippen LogP) is -2.99. The first-order chi connectivity index (χ1) is 8.29. The fourth-order valence-electron chi connectivity index (χ4n) is 0.854. The number of carboxylic acids is 2. The Kier molecular flexibility index (Phi) is 6.75. The van der Waals surface area contributed by atoms with Crippen molar-refractivity contribution in [2.24, 2.45) is 5.73 Å². The summed E-state index contributed by atoms with van der Waals surface area (Å²) in [5, 5.41) is 20.9. The molecule has 2 unspecified atom stereocenters. The van der Waals surface area contributed by atoms with Crippen molar-refractivity contribution in [2.75, 3.05) is 12.3 Å². The van der Waals surface area contributed by atoms with Gasteiger partial charge in [0.25, 0.3) is 0 Å². The molecular weight excluding hydrogens is 266 g/mol. The van der Waals surface area contributed by atoms with Crippen LogP contribution < -0.4 is 16.4 Å². The van der Waals surface area contributed by atoms with Gasteiger partial charge in [-0.05, 0) is 0 Å². The van der Waals surface area contributed by atoms with E-state index in [0.29, 0.717) is 0 Å². The molecule has 0 aliphatic rings. The van der Waals surface area contributed by atoms with E-state index in [0.717, 1.165) is 0 Å². The van der Waals surface area contributed by atoms with Crippen LogP contribution in [-0.4, -0.2) is 58.3 Å². The lowest BCUT2D eigenvalue weighted by atomic mass is 10.2. The van der Waals surface area contributed by atoms with E-state index >= 15 is 0 Å². The molecule has 0 aliphatic heterocycles. The maximum Gasteiger partial charge on any atom is 0.330 e. The van der Waals surface area contributed by atoms with Crippen LogP contribution in [0, 0.1) is 0 Å². The van der Waals surface area contributed by atoms with Gasteiger partial charge in [0.1, 0.15) is 12.6 Å². The molecule has 9 nitrogen and oxygen atoms in total. The van der Waals surface area contributed by atoms with Crippen LogP contribution >= 0.6 is 12.6 Å². The molecule has 0 aromatic heterocycles. The van der Waals surface area contributed by atoms with Crippen LogP contribution in [0.1, 0.15) is 0 Å². The van der Waals surface area contributed by atoms with E-state index in [4.69, 9.17) is 15.9 Å². The van der Waals surface area contributed by atoms with Gasteiger partial charge in [0, 0.05) is 5.75 Å². The highest BCUT2D eigenvalue weighted by Gasteiger charge is 2.26. The lowest BCUT2D eigenvalue weighted by Crippen LogP contribution is -2.55. The highest BCUT2D eigenvalue weighted by atomic mass is 32.1. The van der Waals surface area contributed by atoms with Crippen LogP contribution in [0.25, 0.3) is 0 Å². The molecule has 0 radical (unpaired) electrons. The third kappa shape index (κ3) is 5.50. The van der Waals surface area contributed by atoms with E-state index in [2.05, 4.69) is 12.6 Å². The number of nitrogens with two attached hydrogens (primary N) is 1. The van der Waals surface area contributed by atoms with Crippen molar-refractivity contribution in [3.8, 4) is 0 Å². The zero-order valence-corrected chi connectivity index (χ0v) is 10.0. The average molecular weight is 279 g/mol. The van der Waals surface area contributed by atoms with E-state index in [1.165, 1.54) is 0 Å². The second kappa shape index (κ2) is 7.50. The number of aliphatic carboxylic acids is 2. The van der Waals surface area contributed by atoms with E-state index in [1.54, 1.807) is 0 Å². The number of rotatable bonds is 7. The molecule has 102 valence electrons. The quantitative estimate of drug-likeness (QED) is 0.214. The molecule has 10 heteroatoms. The van der Waals surface area contributed by atoms with E-state index in [9.17, 15) is 19.2 Å². The van der Waals surface area contributed by atoms with Gasteiger partial charge in [0.15, 0.2) is 6.04 Å². The fraction of sp³-hybridized carbons (Fsp3) is 0.500. The number of hydrogen-bond acceptors (Lipinski definition) is 6. The monoisotopic (exact) mass is 279 g/mol. The molecule has 0 aliphatic carbocycles. The molecule has 0 aromatic carbocycles. The highest BCUT2D eigenvalue weighted by molar-refractivity contribution is 7.80. The molecule has 0 saturated heterocycles. The van der Waals surface area contributed by atoms with Gasteiger partial charge in [-0.1, -0.05) is 0 Å². The van der Waals surface area contributed by atoms with Gasteiger partial charge in [-0.25, -0.2) is 4.79 Å². The van der Waals surface area contributed by atoms with Crippen molar-refractivity contribution in [1.82, 2.24) is 10.6 Å². The summed E-state index contributed by atoms with van der Waals surface area (Å²) in [5.74, 6) is -4.79. The summed E-state index contributed by atoms with van der Waals surface area (Å²) in [6.45, 7) is -0.621. The normalized spacial score (nSPS) is 13.2. The van der Waals surface area contributed by atoms with Crippen LogP contribution in [-0.2, 0) is 19.2 Å². The summed E-state index contributed by atoms with van der Waals surface area (Å²) < 4.78 is 0. The first-order valence-corrected chi connectivity index (χ1v) is 5.32. The van der Waals surface area contributed by atoms with Crippen LogP contribution in [0.15, 0.2) is 0 Å². The van der Waals surface area contributed by atoms with Gasteiger partial charge >= 0.3 is 11.9 Å². The minimum absolute atomic E-state index is 0.135. The molecular formula is C8H13N3O6S. The zero-order valence-electron chi connectivity index (χ0n) is 9.12. The number of carbonyl (C=O) groups excluding carboxylic acids is 2. The van der Waals surface area contributed by atoms with Gasteiger partial charge in [-0.15, -0.1) is 0 Å². The summed E-state index contributed by atoms with van der Waals surface area (Å²) in [5.41, 5.74) is 5.02. The van der Waals surface area contributed by atoms with Gasteiger partial charge in [-0.3, -0.25) is 14.4 Å². The molecule has 18 heavy (non-hydrogen) atoms. The molecule has 2 amide bonds. The number of carboxylic acid groups (broad SMARTS) is 2.